The number of nitrogens with one attached hydrogen (secondary N) is 3. The van der Waals surface area contributed by atoms with E-state index in [0.29, 0.717) is 11.4 Å². The van der Waals surface area contributed by atoms with Gasteiger partial charge < -0.3 is 14.8 Å². The fourth-order valence-electron chi connectivity index (χ4n) is 2.01. The first-order valence-corrected chi connectivity index (χ1v) is 8.38. The number of para-hydroxylation sites is 2. The number of ether oxygens (including phenoxy) is 2. The summed E-state index contributed by atoms with van der Waals surface area (Å²) in [5.41, 5.74) is 4.81. The summed E-state index contributed by atoms with van der Waals surface area (Å²) >= 11 is 5.77. The molecule has 1 aromatic heterocycles. The number of benzene rings is 1. The summed E-state index contributed by atoms with van der Waals surface area (Å²) in [5, 5.41) is 2.55. The van der Waals surface area contributed by atoms with Crippen LogP contribution >= 0.6 is 11.6 Å². The first-order valence-electron chi connectivity index (χ1n) is 8.01. The summed E-state index contributed by atoms with van der Waals surface area (Å²) in [6, 6.07) is 8.00. The number of hydrogen-bond acceptors (Lipinski definition) is 6. The van der Waals surface area contributed by atoms with Gasteiger partial charge in [-0.3, -0.25) is 20.4 Å². The maximum atomic E-state index is 12.2. The van der Waals surface area contributed by atoms with Crippen molar-refractivity contribution in [3.05, 3.63) is 47.1 Å². The largest absolute Gasteiger partial charge is 0.495 e. The molecule has 0 aliphatic rings. The van der Waals surface area contributed by atoms with Gasteiger partial charge >= 0.3 is 6.18 Å². The molecule has 156 valence electrons. The zero-order valence-corrected chi connectivity index (χ0v) is 15.7. The normalized spacial score (nSPS) is 10.8. The number of anilines is 1. The highest BCUT2D eigenvalue weighted by atomic mass is 35.5. The molecule has 0 aliphatic heterocycles. The molecule has 1 heterocycles. The summed E-state index contributed by atoms with van der Waals surface area (Å²) in [5.74, 6) is -1.26. The minimum Gasteiger partial charge on any atom is -0.495 e. The number of carbonyl (C=O) groups excluding carboxylic acids is 2. The van der Waals surface area contributed by atoms with Crippen LogP contribution in [0, 0.1) is 0 Å². The molecule has 0 spiro atoms. The number of hydrazine groups is 1. The smallest absolute Gasteiger partial charge is 0.422 e. The fraction of sp³-hybridized carbons (Fsp3) is 0.235. The lowest BCUT2D eigenvalue weighted by Gasteiger charge is -2.12. The van der Waals surface area contributed by atoms with E-state index in [1.54, 1.807) is 24.3 Å². The van der Waals surface area contributed by atoms with Crippen LogP contribution in [0.2, 0.25) is 5.02 Å². The third-order valence-corrected chi connectivity index (χ3v) is 3.57. The van der Waals surface area contributed by atoms with Crippen LogP contribution in [0.3, 0.4) is 0 Å². The third-order valence-electron chi connectivity index (χ3n) is 3.30. The standard InChI is InChI=1S/C17H16ClF3N4O4/c1-28-13-5-3-2-4-12(13)22-8-14(26)24-25-15(27)10-6-11(18)16(23-7-10)29-9-17(19,20)21/h2-7,22H,8-9H2,1H3,(H,24,26)(H,25,27). The number of aromatic nitrogens is 1. The van der Waals surface area contributed by atoms with Gasteiger partial charge in [0.25, 0.3) is 11.8 Å². The van der Waals surface area contributed by atoms with E-state index in [4.69, 9.17) is 16.3 Å². The second kappa shape index (κ2) is 9.82. The number of amides is 2. The lowest BCUT2D eigenvalue weighted by atomic mass is 10.3. The quantitative estimate of drug-likeness (QED) is 0.581. The number of methoxy groups -OCH3 is 1. The Hall–Kier alpha value is -3.21. The van der Waals surface area contributed by atoms with Crippen LogP contribution in [0.4, 0.5) is 18.9 Å². The lowest BCUT2D eigenvalue weighted by Crippen LogP contribution is -2.44. The van der Waals surface area contributed by atoms with Crippen molar-refractivity contribution < 1.29 is 32.2 Å². The van der Waals surface area contributed by atoms with E-state index in [-0.39, 0.29) is 17.1 Å². The highest BCUT2D eigenvalue weighted by Crippen LogP contribution is 2.25. The van der Waals surface area contributed by atoms with Gasteiger partial charge in [-0.1, -0.05) is 23.7 Å². The molecule has 0 unspecified atom stereocenters. The maximum absolute atomic E-state index is 12.2. The number of halogens is 4. The molecule has 0 saturated carbocycles. The van der Waals surface area contributed by atoms with Gasteiger partial charge in [-0.2, -0.15) is 13.2 Å². The first kappa shape index (κ1) is 22.1. The lowest BCUT2D eigenvalue weighted by molar-refractivity contribution is -0.154. The predicted molar refractivity (Wildman–Crippen MR) is 97.9 cm³/mol. The first-order chi connectivity index (χ1) is 13.7. The third kappa shape index (κ3) is 7.03. The number of alkyl halides is 3. The van der Waals surface area contributed by atoms with Gasteiger partial charge in [0.1, 0.15) is 10.8 Å². The van der Waals surface area contributed by atoms with Crippen molar-refractivity contribution in [3.63, 3.8) is 0 Å². The average Bonchev–Trinajstić information content (AvgIpc) is 2.68. The Balaban J connectivity index is 1.85. The topological polar surface area (TPSA) is 102 Å². The molecule has 12 heteroatoms. The van der Waals surface area contributed by atoms with E-state index < -0.39 is 30.5 Å². The molecule has 0 radical (unpaired) electrons. The summed E-state index contributed by atoms with van der Waals surface area (Å²) in [6.45, 7) is -1.73. The van der Waals surface area contributed by atoms with Crippen molar-refractivity contribution >= 4 is 29.1 Å². The Kier molecular flexibility index (Phi) is 7.48. The summed E-state index contributed by atoms with van der Waals surface area (Å²) in [4.78, 5) is 27.4. The minimum atomic E-state index is -4.55. The van der Waals surface area contributed by atoms with Gasteiger partial charge in [-0.25, -0.2) is 4.98 Å². The second-order valence-corrected chi connectivity index (χ2v) is 5.88. The van der Waals surface area contributed by atoms with Gasteiger partial charge in [0.2, 0.25) is 5.88 Å². The van der Waals surface area contributed by atoms with Crippen LogP contribution in [0.25, 0.3) is 0 Å². The molecule has 8 nitrogen and oxygen atoms in total. The van der Waals surface area contributed by atoms with E-state index >= 15 is 0 Å². The fourth-order valence-corrected chi connectivity index (χ4v) is 2.24. The highest BCUT2D eigenvalue weighted by Gasteiger charge is 2.29. The average molecular weight is 433 g/mol. The van der Waals surface area contributed by atoms with E-state index in [0.717, 1.165) is 12.3 Å². The molecule has 0 aliphatic carbocycles. The molecular weight excluding hydrogens is 417 g/mol. The molecular formula is C17H16ClF3N4O4. The van der Waals surface area contributed by atoms with E-state index in [1.165, 1.54) is 7.11 Å². The molecule has 0 fully saturated rings. The van der Waals surface area contributed by atoms with E-state index in [2.05, 4.69) is 25.9 Å². The summed E-state index contributed by atoms with van der Waals surface area (Å²) < 4.78 is 46.0. The van der Waals surface area contributed by atoms with Crippen molar-refractivity contribution in [1.29, 1.82) is 0 Å². The zero-order chi connectivity index (χ0) is 21.4. The summed E-state index contributed by atoms with van der Waals surface area (Å²) in [7, 11) is 1.49. The van der Waals surface area contributed by atoms with Crippen molar-refractivity contribution in [3.8, 4) is 11.6 Å². The Morgan fingerprint density at radius 2 is 1.93 bits per heavy atom. The van der Waals surface area contributed by atoms with Gasteiger partial charge in [0.05, 0.1) is 24.9 Å². The molecule has 3 N–H and O–H groups in total. The molecule has 2 aromatic rings. The second-order valence-electron chi connectivity index (χ2n) is 5.47. The van der Waals surface area contributed by atoms with Crippen LogP contribution in [-0.2, 0) is 4.79 Å². The Labute approximate surface area is 168 Å². The number of rotatable bonds is 7. The number of nitrogens with zero attached hydrogens (tertiary/aromatic N) is 1. The van der Waals surface area contributed by atoms with Crippen LogP contribution in [0.5, 0.6) is 11.6 Å². The molecule has 0 bridgehead atoms. The Morgan fingerprint density at radius 3 is 2.59 bits per heavy atom. The maximum Gasteiger partial charge on any atom is 0.422 e. The highest BCUT2D eigenvalue weighted by molar-refractivity contribution is 6.32. The molecule has 1 aromatic carbocycles. The van der Waals surface area contributed by atoms with Crippen molar-refractivity contribution in [1.82, 2.24) is 15.8 Å². The minimum absolute atomic E-state index is 0.0904. The Bertz CT molecular complexity index is 880. The summed E-state index contributed by atoms with van der Waals surface area (Å²) in [6.07, 6.45) is -3.59. The van der Waals surface area contributed by atoms with Crippen molar-refractivity contribution in [2.45, 2.75) is 6.18 Å². The molecule has 2 rings (SSSR count). The monoisotopic (exact) mass is 432 g/mol. The van der Waals surface area contributed by atoms with Crippen molar-refractivity contribution in [2.75, 3.05) is 25.6 Å². The number of pyridine rings is 1. The van der Waals surface area contributed by atoms with Crippen LogP contribution < -0.4 is 25.6 Å². The zero-order valence-electron chi connectivity index (χ0n) is 15.0. The number of carbonyl (C=O) groups is 2. The van der Waals surface area contributed by atoms with Crippen LogP contribution in [-0.4, -0.2) is 43.2 Å². The predicted octanol–water partition coefficient (Wildman–Crippen LogP) is 2.56. The Morgan fingerprint density at radius 1 is 1.21 bits per heavy atom. The molecule has 0 atom stereocenters. The van der Waals surface area contributed by atoms with Crippen LogP contribution in [0.1, 0.15) is 10.4 Å². The van der Waals surface area contributed by atoms with Gasteiger partial charge in [0.15, 0.2) is 6.61 Å². The molecule has 2 amide bonds. The van der Waals surface area contributed by atoms with Gasteiger partial charge in [0, 0.05) is 6.20 Å². The number of hydrogen-bond donors (Lipinski definition) is 3. The van der Waals surface area contributed by atoms with E-state index in [1.807, 2.05) is 0 Å². The van der Waals surface area contributed by atoms with Gasteiger partial charge in [-0.05, 0) is 18.2 Å². The SMILES string of the molecule is COc1ccccc1NCC(=O)NNC(=O)c1cnc(OCC(F)(F)F)c(Cl)c1. The molecule has 0 saturated heterocycles. The van der Waals surface area contributed by atoms with Crippen molar-refractivity contribution in [2.24, 2.45) is 0 Å². The van der Waals surface area contributed by atoms with Gasteiger partial charge in [-0.15, -0.1) is 0 Å². The molecule has 29 heavy (non-hydrogen) atoms. The van der Waals surface area contributed by atoms with Crippen LogP contribution in [0.15, 0.2) is 36.5 Å². The van der Waals surface area contributed by atoms with E-state index in [9.17, 15) is 22.8 Å².